The van der Waals surface area contributed by atoms with E-state index in [0.717, 1.165) is 6.42 Å². The van der Waals surface area contributed by atoms with Gasteiger partial charge in [-0.25, -0.2) is 0 Å². The van der Waals surface area contributed by atoms with E-state index in [9.17, 15) is 14.4 Å². The van der Waals surface area contributed by atoms with Crippen LogP contribution in [0.1, 0.15) is 12.8 Å². The molecule has 0 bridgehead atoms. The molecule has 0 aromatic heterocycles. The third-order valence-corrected chi connectivity index (χ3v) is 3.38. The van der Waals surface area contributed by atoms with Crippen molar-refractivity contribution in [1.29, 1.82) is 5.26 Å². The van der Waals surface area contributed by atoms with Crippen molar-refractivity contribution in [1.82, 2.24) is 15.5 Å². The fraction of sp³-hybridized carbons (Fsp3) is 0.636. The largest absolute Gasteiger partial charge is 0.354 e. The van der Waals surface area contributed by atoms with Crippen LogP contribution in [0.25, 0.3) is 0 Å². The second kappa shape index (κ2) is 5.04. The highest BCUT2D eigenvalue weighted by molar-refractivity contribution is 6.35. The maximum atomic E-state index is 11.9. The summed E-state index contributed by atoms with van der Waals surface area (Å²) < 4.78 is 0. The van der Waals surface area contributed by atoms with Crippen molar-refractivity contribution in [2.45, 2.75) is 18.9 Å². The average molecular weight is 250 g/mol. The third kappa shape index (κ3) is 2.14. The van der Waals surface area contributed by atoms with Crippen LogP contribution in [0.15, 0.2) is 0 Å². The maximum Gasteiger partial charge on any atom is 0.312 e. The van der Waals surface area contributed by atoms with Gasteiger partial charge in [0.1, 0.15) is 6.54 Å². The molecular formula is C11H14N4O3. The molecule has 2 aliphatic heterocycles. The minimum absolute atomic E-state index is 0.0464. The lowest BCUT2D eigenvalue weighted by atomic mass is 9.91. The van der Waals surface area contributed by atoms with E-state index in [-0.39, 0.29) is 24.4 Å². The predicted molar refractivity (Wildman–Crippen MR) is 59.9 cm³/mol. The number of carbonyl (C=O) groups is 3. The summed E-state index contributed by atoms with van der Waals surface area (Å²) in [6.07, 6.45) is 1.46. The number of hydrogen-bond donors (Lipinski definition) is 2. The topological polar surface area (TPSA) is 102 Å². The van der Waals surface area contributed by atoms with Crippen molar-refractivity contribution in [3.63, 3.8) is 0 Å². The maximum absolute atomic E-state index is 11.9. The molecule has 7 nitrogen and oxygen atoms in total. The van der Waals surface area contributed by atoms with Crippen molar-refractivity contribution in [2.75, 3.05) is 19.6 Å². The summed E-state index contributed by atoms with van der Waals surface area (Å²) in [4.78, 5) is 36.4. The highest BCUT2D eigenvalue weighted by Crippen LogP contribution is 2.27. The molecule has 18 heavy (non-hydrogen) atoms. The number of amides is 3. The Morgan fingerprint density at radius 2 is 2.33 bits per heavy atom. The number of rotatable bonds is 1. The first-order valence-corrected chi connectivity index (χ1v) is 5.88. The Bertz CT molecular complexity index is 428. The molecule has 0 spiro atoms. The van der Waals surface area contributed by atoms with E-state index >= 15 is 0 Å². The molecule has 2 saturated heterocycles. The predicted octanol–water partition coefficient (Wildman–Crippen LogP) is -1.64. The zero-order chi connectivity index (χ0) is 13.1. The number of fused-ring (bicyclic) bond motifs is 1. The minimum Gasteiger partial charge on any atom is -0.354 e. The van der Waals surface area contributed by atoms with Crippen molar-refractivity contribution < 1.29 is 14.4 Å². The number of nitrogens with one attached hydrogen (secondary N) is 2. The zero-order valence-electron chi connectivity index (χ0n) is 9.81. The number of piperidine rings is 1. The van der Waals surface area contributed by atoms with Crippen molar-refractivity contribution >= 4 is 17.7 Å². The molecule has 2 fully saturated rings. The van der Waals surface area contributed by atoms with Gasteiger partial charge in [0.2, 0.25) is 5.91 Å². The Balaban J connectivity index is 2.04. The molecule has 0 aromatic rings. The molecule has 0 radical (unpaired) electrons. The second-order valence-corrected chi connectivity index (χ2v) is 4.40. The van der Waals surface area contributed by atoms with Crippen LogP contribution < -0.4 is 10.6 Å². The quantitative estimate of drug-likeness (QED) is 0.430. The van der Waals surface area contributed by atoms with E-state index in [1.165, 1.54) is 4.90 Å². The third-order valence-electron chi connectivity index (χ3n) is 3.38. The highest BCUT2D eigenvalue weighted by Gasteiger charge is 2.43. The highest BCUT2D eigenvalue weighted by atomic mass is 16.2. The van der Waals surface area contributed by atoms with Gasteiger partial charge in [-0.05, 0) is 12.8 Å². The van der Waals surface area contributed by atoms with Crippen LogP contribution in [-0.4, -0.2) is 48.3 Å². The van der Waals surface area contributed by atoms with Gasteiger partial charge in [0.25, 0.3) is 0 Å². The fourth-order valence-corrected chi connectivity index (χ4v) is 2.53. The Morgan fingerprint density at radius 3 is 3.06 bits per heavy atom. The van der Waals surface area contributed by atoms with Gasteiger partial charge < -0.3 is 15.5 Å². The summed E-state index contributed by atoms with van der Waals surface area (Å²) in [5.41, 5.74) is 0. The molecule has 2 atom stereocenters. The van der Waals surface area contributed by atoms with Gasteiger partial charge in [-0.15, -0.1) is 0 Å². The molecule has 2 aliphatic rings. The minimum atomic E-state index is -0.781. The van der Waals surface area contributed by atoms with Crippen molar-refractivity contribution in [3.05, 3.63) is 0 Å². The van der Waals surface area contributed by atoms with Gasteiger partial charge in [-0.1, -0.05) is 0 Å². The van der Waals surface area contributed by atoms with Gasteiger partial charge in [-0.3, -0.25) is 14.4 Å². The summed E-state index contributed by atoms with van der Waals surface area (Å²) in [6.45, 7) is 0.694. The van der Waals surface area contributed by atoms with Crippen LogP contribution in [0.3, 0.4) is 0 Å². The molecular weight excluding hydrogens is 236 g/mol. The van der Waals surface area contributed by atoms with Gasteiger partial charge in [0, 0.05) is 13.1 Å². The van der Waals surface area contributed by atoms with Gasteiger partial charge in [0.05, 0.1) is 18.0 Å². The zero-order valence-corrected chi connectivity index (χ0v) is 9.81. The van der Waals surface area contributed by atoms with Gasteiger partial charge in [0.15, 0.2) is 0 Å². The molecule has 0 aliphatic carbocycles. The molecule has 0 aromatic carbocycles. The average Bonchev–Trinajstić information content (AvgIpc) is 2.77. The van der Waals surface area contributed by atoms with Gasteiger partial charge in [-0.2, -0.15) is 5.26 Å². The summed E-state index contributed by atoms with van der Waals surface area (Å²) in [5.74, 6) is -1.69. The van der Waals surface area contributed by atoms with Crippen LogP contribution in [0.4, 0.5) is 0 Å². The number of hydrogen-bond acceptors (Lipinski definition) is 4. The Labute approximate surface area is 104 Å². The van der Waals surface area contributed by atoms with E-state index in [2.05, 4.69) is 10.6 Å². The standard InChI is InChI=1S/C11H14N4O3/c12-3-4-13-10(17)11(18)15-5-1-2-7-8(15)6-14-9(7)16/h7-8H,1-2,4-6H2,(H,13,17)(H,14,16). The second-order valence-electron chi connectivity index (χ2n) is 4.40. The first kappa shape index (κ1) is 12.4. The Hall–Kier alpha value is -2.10. The molecule has 3 amide bonds. The lowest BCUT2D eigenvalue weighted by Crippen LogP contribution is -2.53. The van der Waals surface area contributed by atoms with Crippen LogP contribution in [0.5, 0.6) is 0 Å². The van der Waals surface area contributed by atoms with Crippen LogP contribution in [0.2, 0.25) is 0 Å². The number of likely N-dealkylation sites (tertiary alicyclic amines) is 1. The van der Waals surface area contributed by atoms with Crippen LogP contribution in [-0.2, 0) is 14.4 Å². The van der Waals surface area contributed by atoms with E-state index in [1.807, 2.05) is 0 Å². The lowest BCUT2D eigenvalue weighted by molar-refractivity contribution is -0.149. The SMILES string of the molecule is N#CCNC(=O)C(=O)N1CCCC2C(=O)NCC21. The van der Waals surface area contributed by atoms with Crippen LogP contribution in [0, 0.1) is 17.2 Å². The number of nitrogens with zero attached hydrogens (tertiary/aromatic N) is 2. The number of carbonyl (C=O) groups excluding carboxylic acids is 3. The molecule has 96 valence electrons. The van der Waals surface area contributed by atoms with E-state index < -0.39 is 11.8 Å². The molecule has 2 N–H and O–H groups in total. The summed E-state index contributed by atoms with van der Waals surface area (Å²) in [5, 5.41) is 13.3. The number of nitriles is 1. The van der Waals surface area contributed by atoms with Crippen molar-refractivity contribution in [3.8, 4) is 6.07 Å². The molecule has 0 saturated carbocycles. The summed E-state index contributed by atoms with van der Waals surface area (Å²) in [6, 6.07) is 1.51. The summed E-state index contributed by atoms with van der Waals surface area (Å²) >= 11 is 0. The lowest BCUT2D eigenvalue weighted by Gasteiger charge is -2.35. The van der Waals surface area contributed by atoms with Crippen molar-refractivity contribution in [2.24, 2.45) is 5.92 Å². The molecule has 2 rings (SSSR count). The van der Waals surface area contributed by atoms with E-state index in [4.69, 9.17) is 5.26 Å². The molecule has 2 unspecified atom stereocenters. The molecule has 2 heterocycles. The molecule has 7 heteroatoms. The van der Waals surface area contributed by atoms with E-state index in [1.54, 1.807) is 6.07 Å². The Morgan fingerprint density at radius 1 is 1.56 bits per heavy atom. The van der Waals surface area contributed by atoms with Gasteiger partial charge >= 0.3 is 11.8 Å². The first-order chi connectivity index (χ1) is 8.65. The monoisotopic (exact) mass is 250 g/mol. The summed E-state index contributed by atoms with van der Waals surface area (Å²) in [7, 11) is 0. The van der Waals surface area contributed by atoms with Crippen LogP contribution >= 0.6 is 0 Å². The van der Waals surface area contributed by atoms with E-state index in [0.29, 0.717) is 19.5 Å². The Kier molecular flexibility index (Phi) is 3.46. The smallest absolute Gasteiger partial charge is 0.312 e. The first-order valence-electron chi connectivity index (χ1n) is 5.88. The normalized spacial score (nSPS) is 25.9. The fourth-order valence-electron chi connectivity index (χ4n) is 2.53.